The molecule has 0 aromatic heterocycles. The van der Waals surface area contributed by atoms with Gasteiger partial charge in [-0.1, -0.05) is 56.4 Å². The van der Waals surface area contributed by atoms with Crippen LogP contribution in [0.2, 0.25) is 0 Å². The topological polar surface area (TPSA) is 38.7 Å². The van der Waals surface area contributed by atoms with Crippen molar-refractivity contribution >= 4 is 10.8 Å². The number of benzene rings is 3. The zero-order valence-electron chi connectivity index (χ0n) is 17.3. The summed E-state index contributed by atoms with van der Waals surface area (Å²) < 4.78 is 11.1. The molecule has 3 heteroatoms. The number of fused-ring (bicyclic) bond motifs is 7. The van der Waals surface area contributed by atoms with Crippen LogP contribution in [-0.4, -0.2) is 19.3 Å². The predicted octanol–water partition coefficient (Wildman–Crippen LogP) is 6.57. The van der Waals surface area contributed by atoms with E-state index in [1.165, 1.54) is 54.4 Å². The van der Waals surface area contributed by atoms with E-state index in [-0.39, 0.29) is 5.41 Å². The van der Waals surface area contributed by atoms with Crippen LogP contribution >= 0.6 is 0 Å². The number of ether oxygens (including phenoxy) is 2. The Morgan fingerprint density at radius 3 is 2.07 bits per heavy atom. The summed E-state index contributed by atoms with van der Waals surface area (Å²) >= 11 is 0. The third kappa shape index (κ3) is 2.63. The van der Waals surface area contributed by atoms with Crippen LogP contribution in [0.4, 0.5) is 0 Å². The van der Waals surface area contributed by atoms with Gasteiger partial charge >= 0.3 is 0 Å². The normalized spacial score (nSPS) is 17.4. The number of phenolic OH excluding ortho intramolecular Hbond substituents is 1. The van der Waals surface area contributed by atoms with Gasteiger partial charge in [-0.25, -0.2) is 0 Å². The van der Waals surface area contributed by atoms with Crippen LogP contribution in [0.25, 0.3) is 21.9 Å². The first-order valence-corrected chi connectivity index (χ1v) is 10.7. The minimum Gasteiger partial charge on any atom is -0.507 e. The summed E-state index contributed by atoms with van der Waals surface area (Å²) in [6.45, 7) is 0. The number of hydrogen-bond acceptors (Lipinski definition) is 3. The zero-order chi connectivity index (χ0) is 20.0. The van der Waals surface area contributed by atoms with Crippen LogP contribution in [0.3, 0.4) is 0 Å². The lowest BCUT2D eigenvalue weighted by Gasteiger charge is -2.34. The molecule has 0 radical (unpaired) electrons. The molecule has 0 saturated heterocycles. The molecule has 29 heavy (non-hydrogen) atoms. The smallest absolute Gasteiger partial charge is 0.161 e. The van der Waals surface area contributed by atoms with E-state index in [1.807, 2.05) is 18.2 Å². The molecule has 1 N–H and O–H groups in total. The van der Waals surface area contributed by atoms with Gasteiger partial charge in [0.15, 0.2) is 11.5 Å². The average molecular weight is 389 g/mol. The fourth-order valence-corrected chi connectivity index (χ4v) is 5.71. The van der Waals surface area contributed by atoms with Crippen LogP contribution < -0.4 is 9.47 Å². The van der Waals surface area contributed by atoms with Crippen LogP contribution in [-0.2, 0) is 5.41 Å². The van der Waals surface area contributed by atoms with E-state index in [1.54, 1.807) is 14.2 Å². The van der Waals surface area contributed by atoms with Gasteiger partial charge in [0.05, 0.1) is 14.2 Å². The first kappa shape index (κ1) is 18.4. The van der Waals surface area contributed by atoms with E-state index >= 15 is 0 Å². The highest BCUT2D eigenvalue weighted by atomic mass is 16.5. The standard InChI is InChI=1S/C26H28O3/c1-28-23-14-18-19(15-24(23)29-2)25-17-10-6-7-11-20(17)26(21(25)16-22(18)27)12-8-4-3-5-9-13-26/h6-7,10-11,14-16,27H,3-5,8-9,12-13H2,1-2H3. The summed E-state index contributed by atoms with van der Waals surface area (Å²) in [7, 11) is 3.30. The quantitative estimate of drug-likeness (QED) is 0.539. The molecule has 1 fully saturated rings. The van der Waals surface area contributed by atoms with Crippen molar-refractivity contribution in [2.75, 3.05) is 14.2 Å². The van der Waals surface area contributed by atoms with Crippen molar-refractivity contribution in [1.82, 2.24) is 0 Å². The molecule has 0 bridgehead atoms. The van der Waals surface area contributed by atoms with Crippen LogP contribution in [0.15, 0.2) is 42.5 Å². The first-order chi connectivity index (χ1) is 14.2. The minimum absolute atomic E-state index is 0.00514. The van der Waals surface area contributed by atoms with Gasteiger partial charge < -0.3 is 14.6 Å². The molecule has 0 unspecified atom stereocenters. The van der Waals surface area contributed by atoms with E-state index in [4.69, 9.17) is 9.47 Å². The minimum atomic E-state index is 0.00514. The Kier molecular flexibility index (Phi) is 4.42. The van der Waals surface area contributed by atoms with Crippen molar-refractivity contribution in [3.8, 4) is 28.4 Å². The highest BCUT2D eigenvalue weighted by Crippen LogP contribution is 2.58. The monoisotopic (exact) mass is 388 g/mol. The van der Waals surface area contributed by atoms with E-state index < -0.39 is 0 Å². The molecule has 5 rings (SSSR count). The van der Waals surface area contributed by atoms with Gasteiger partial charge in [-0.15, -0.1) is 0 Å². The molecule has 150 valence electrons. The van der Waals surface area contributed by atoms with Crippen molar-refractivity contribution in [1.29, 1.82) is 0 Å². The molecular formula is C26H28O3. The second-order valence-corrected chi connectivity index (χ2v) is 8.47. The lowest BCUT2D eigenvalue weighted by Crippen LogP contribution is -2.26. The van der Waals surface area contributed by atoms with Gasteiger partial charge in [-0.05, 0) is 58.7 Å². The fourth-order valence-electron chi connectivity index (χ4n) is 5.71. The number of hydrogen-bond donors (Lipinski definition) is 1. The predicted molar refractivity (Wildman–Crippen MR) is 117 cm³/mol. The maximum atomic E-state index is 11.0. The second-order valence-electron chi connectivity index (χ2n) is 8.47. The molecule has 0 atom stereocenters. The van der Waals surface area contributed by atoms with Crippen molar-refractivity contribution in [2.45, 2.75) is 50.4 Å². The number of phenols is 1. The molecule has 3 aromatic carbocycles. The number of aromatic hydroxyl groups is 1. The maximum absolute atomic E-state index is 11.0. The molecular weight excluding hydrogens is 360 g/mol. The molecule has 2 aliphatic carbocycles. The van der Waals surface area contributed by atoms with E-state index in [9.17, 15) is 5.11 Å². The molecule has 3 aromatic rings. The molecule has 0 amide bonds. The fraction of sp³-hybridized carbons (Fsp3) is 0.385. The molecule has 1 spiro atoms. The van der Waals surface area contributed by atoms with Crippen molar-refractivity contribution in [2.24, 2.45) is 0 Å². The van der Waals surface area contributed by atoms with Crippen molar-refractivity contribution < 1.29 is 14.6 Å². The van der Waals surface area contributed by atoms with Crippen LogP contribution in [0, 0.1) is 0 Å². The average Bonchev–Trinajstić information content (AvgIpc) is 3.00. The molecule has 3 nitrogen and oxygen atoms in total. The third-order valence-corrected chi connectivity index (χ3v) is 7.05. The highest BCUT2D eigenvalue weighted by Gasteiger charge is 2.43. The molecule has 0 heterocycles. The van der Waals surface area contributed by atoms with Gasteiger partial charge in [-0.3, -0.25) is 0 Å². The van der Waals surface area contributed by atoms with Gasteiger partial charge in [0, 0.05) is 10.8 Å². The Bertz CT molecular complexity index is 1070. The summed E-state index contributed by atoms with van der Waals surface area (Å²) in [5.41, 5.74) is 5.29. The third-order valence-electron chi connectivity index (χ3n) is 7.05. The highest BCUT2D eigenvalue weighted by molar-refractivity contribution is 6.06. The maximum Gasteiger partial charge on any atom is 0.161 e. The lowest BCUT2D eigenvalue weighted by atomic mass is 9.69. The molecule has 1 saturated carbocycles. The summed E-state index contributed by atoms with van der Waals surface area (Å²) in [6, 6.07) is 14.8. The van der Waals surface area contributed by atoms with E-state index in [2.05, 4.69) is 24.3 Å². The lowest BCUT2D eigenvalue weighted by molar-refractivity contribution is 0.355. The van der Waals surface area contributed by atoms with Gasteiger partial charge in [0.1, 0.15) is 5.75 Å². The summed E-state index contributed by atoms with van der Waals surface area (Å²) in [6.07, 6.45) is 8.69. The Labute approximate surface area is 172 Å². The Hall–Kier alpha value is -2.68. The van der Waals surface area contributed by atoms with Crippen molar-refractivity contribution in [3.63, 3.8) is 0 Å². The van der Waals surface area contributed by atoms with Gasteiger partial charge in [0.25, 0.3) is 0 Å². The second kappa shape index (κ2) is 6.98. The Morgan fingerprint density at radius 1 is 0.759 bits per heavy atom. The molecule has 0 aliphatic heterocycles. The summed E-state index contributed by atoms with van der Waals surface area (Å²) in [4.78, 5) is 0. The Balaban J connectivity index is 1.86. The zero-order valence-corrected chi connectivity index (χ0v) is 17.3. The largest absolute Gasteiger partial charge is 0.507 e. The van der Waals surface area contributed by atoms with E-state index in [0.29, 0.717) is 17.2 Å². The van der Waals surface area contributed by atoms with Crippen LogP contribution in [0.5, 0.6) is 17.2 Å². The first-order valence-electron chi connectivity index (χ1n) is 10.7. The summed E-state index contributed by atoms with van der Waals surface area (Å²) in [5, 5.41) is 12.9. The van der Waals surface area contributed by atoms with E-state index in [0.717, 1.165) is 23.6 Å². The number of methoxy groups -OCH3 is 2. The molecule has 2 aliphatic rings. The number of rotatable bonds is 2. The SMILES string of the molecule is COc1cc2c(O)cc3c(c2cc1OC)-c1ccccc1C31CCCCCCC1. The van der Waals surface area contributed by atoms with Crippen molar-refractivity contribution in [3.05, 3.63) is 53.6 Å². The summed E-state index contributed by atoms with van der Waals surface area (Å²) in [5.74, 6) is 1.67. The van der Waals surface area contributed by atoms with Gasteiger partial charge in [-0.2, -0.15) is 0 Å². The van der Waals surface area contributed by atoms with Crippen LogP contribution in [0.1, 0.15) is 56.1 Å². The van der Waals surface area contributed by atoms with Gasteiger partial charge in [0.2, 0.25) is 0 Å². The Morgan fingerprint density at radius 2 is 1.38 bits per heavy atom.